The number of nitrogens with one attached hydrogen (secondary N) is 2. The van der Waals surface area contributed by atoms with Crippen molar-refractivity contribution in [3.63, 3.8) is 0 Å². The molecule has 0 saturated carbocycles. The Morgan fingerprint density at radius 2 is 2.03 bits per heavy atom. The first-order chi connectivity index (χ1) is 15.9. The van der Waals surface area contributed by atoms with Crippen molar-refractivity contribution in [3.05, 3.63) is 53.6 Å². The SMILES string of the molecule is C[C@@H]1Cc2c([nH]c3ccccc23)[C@@H](c2cnc(OCCNCCCF)cn2)N1CC(C)(C)F. The first kappa shape index (κ1) is 23.6. The minimum Gasteiger partial charge on any atom is -0.475 e. The van der Waals surface area contributed by atoms with Gasteiger partial charge in [0, 0.05) is 35.7 Å². The molecule has 8 heteroatoms. The predicted molar refractivity (Wildman–Crippen MR) is 126 cm³/mol. The monoisotopic (exact) mass is 457 g/mol. The predicted octanol–water partition coefficient (Wildman–Crippen LogP) is 4.37. The van der Waals surface area contributed by atoms with Crippen molar-refractivity contribution in [1.29, 1.82) is 0 Å². The zero-order chi connectivity index (χ0) is 23.4. The van der Waals surface area contributed by atoms with Crippen LogP contribution in [0.3, 0.4) is 0 Å². The lowest BCUT2D eigenvalue weighted by Crippen LogP contribution is -2.48. The molecule has 1 aliphatic rings. The summed E-state index contributed by atoms with van der Waals surface area (Å²) in [4.78, 5) is 14.9. The van der Waals surface area contributed by atoms with E-state index in [9.17, 15) is 8.78 Å². The molecule has 33 heavy (non-hydrogen) atoms. The van der Waals surface area contributed by atoms with Gasteiger partial charge in [0.05, 0.1) is 30.8 Å². The summed E-state index contributed by atoms with van der Waals surface area (Å²) in [6.45, 7) is 7.00. The molecule has 0 amide bonds. The minimum atomic E-state index is -1.35. The average molecular weight is 458 g/mol. The van der Waals surface area contributed by atoms with Crippen LogP contribution in [0.2, 0.25) is 0 Å². The highest BCUT2D eigenvalue weighted by molar-refractivity contribution is 5.85. The molecule has 0 aliphatic carbocycles. The molecule has 178 valence electrons. The number of H-pyrrole nitrogens is 1. The standard InChI is InChI=1S/C25H33F2N5O/c1-17-13-19-18-7-4-5-8-20(18)31-23(19)24(32(17)16-25(2,3)27)21-14-30-22(15-29-21)33-12-11-28-10-6-9-26/h4-5,7-8,14-15,17,24,28,31H,6,9-13,16H2,1-3H3/t17-,24-/m1/s1. The summed E-state index contributed by atoms with van der Waals surface area (Å²) < 4.78 is 32.6. The van der Waals surface area contributed by atoms with Crippen molar-refractivity contribution < 1.29 is 13.5 Å². The second kappa shape index (κ2) is 10.1. The lowest BCUT2D eigenvalue weighted by molar-refractivity contribution is 0.0652. The number of halogens is 2. The smallest absolute Gasteiger partial charge is 0.232 e. The number of aromatic amines is 1. The molecule has 4 rings (SSSR count). The van der Waals surface area contributed by atoms with E-state index in [1.165, 1.54) is 10.9 Å². The quantitative estimate of drug-likeness (QED) is 0.443. The van der Waals surface area contributed by atoms with Gasteiger partial charge in [0.15, 0.2) is 0 Å². The van der Waals surface area contributed by atoms with Crippen LogP contribution in [0.1, 0.15) is 50.2 Å². The Hall–Kier alpha value is -2.58. The first-order valence-corrected chi connectivity index (χ1v) is 11.6. The molecular formula is C25H33F2N5O. The van der Waals surface area contributed by atoms with E-state index in [0.29, 0.717) is 32.0 Å². The first-order valence-electron chi connectivity index (χ1n) is 11.6. The number of nitrogens with zero attached hydrogens (tertiary/aromatic N) is 3. The molecule has 2 N–H and O–H groups in total. The lowest BCUT2D eigenvalue weighted by atomic mass is 9.90. The minimum absolute atomic E-state index is 0.143. The van der Waals surface area contributed by atoms with Crippen molar-refractivity contribution in [1.82, 2.24) is 25.2 Å². The van der Waals surface area contributed by atoms with Crippen LogP contribution in [-0.2, 0) is 6.42 Å². The second-order valence-electron chi connectivity index (χ2n) is 9.33. The van der Waals surface area contributed by atoms with Gasteiger partial charge in [0.25, 0.3) is 0 Å². The van der Waals surface area contributed by atoms with E-state index in [1.54, 1.807) is 26.2 Å². The van der Waals surface area contributed by atoms with Crippen LogP contribution >= 0.6 is 0 Å². The molecule has 1 aromatic carbocycles. The van der Waals surface area contributed by atoms with E-state index in [2.05, 4.69) is 44.2 Å². The number of rotatable bonds is 10. The zero-order valence-electron chi connectivity index (χ0n) is 19.6. The molecule has 0 fully saturated rings. The van der Waals surface area contributed by atoms with Crippen molar-refractivity contribution in [2.75, 3.05) is 32.9 Å². The summed E-state index contributed by atoms with van der Waals surface area (Å²) in [5.74, 6) is 0.434. The molecule has 1 aliphatic heterocycles. The number of hydrogen-bond acceptors (Lipinski definition) is 5. The lowest BCUT2D eigenvalue weighted by Gasteiger charge is -2.42. The van der Waals surface area contributed by atoms with E-state index in [4.69, 9.17) is 4.74 Å². The van der Waals surface area contributed by atoms with Crippen LogP contribution in [0.5, 0.6) is 5.88 Å². The number of para-hydroxylation sites is 1. The number of benzene rings is 1. The third-order valence-electron chi connectivity index (χ3n) is 6.02. The fraction of sp³-hybridized carbons (Fsp3) is 0.520. The summed E-state index contributed by atoms with van der Waals surface area (Å²) in [5.41, 5.74) is 2.80. The van der Waals surface area contributed by atoms with Gasteiger partial charge in [-0.2, -0.15) is 0 Å². The Kier molecular flexibility index (Phi) is 7.24. The van der Waals surface area contributed by atoms with Crippen molar-refractivity contribution in [2.24, 2.45) is 0 Å². The summed E-state index contributed by atoms with van der Waals surface area (Å²) in [5, 5.41) is 4.32. The van der Waals surface area contributed by atoms with Crippen LogP contribution in [0.15, 0.2) is 36.7 Å². The molecular weight excluding hydrogens is 424 g/mol. The van der Waals surface area contributed by atoms with Crippen LogP contribution in [-0.4, -0.2) is 64.5 Å². The summed E-state index contributed by atoms with van der Waals surface area (Å²) in [7, 11) is 0. The topological polar surface area (TPSA) is 66.1 Å². The number of aromatic nitrogens is 3. The van der Waals surface area contributed by atoms with Crippen molar-refractivity contribution in [3.8, 4) is 5.88 Å². The largest absolute Gasteiger partial charge is 0.475 e. The Morgan fingerprint density at radius 1 is 1.21 bits per heavy atom. The third kappa shape index (κ3) is 5.50. The van der Waals surface area contributed by atoms with Crippen molar-refractivity contribution in [2.45, 2.75) is 51.4 Å². The molecule has 0 spiro atoms. The van der Waals surface area contributed by atoms with Crippen LogP contribution in [0.25, 0.3) is 10.9 Å². The number of fused-ring (bicyclic) bond motifs is 3. The van der Waals surface area contributed by atoms with E-state index >= 15 is 0 Å². The van der Waals surface area contributed by atoms with Gasteiger partial charge in [-0.25, -0.2) is 9.37 Å². The maximum Gasteiger partial charge on any atom is 0.232 e. The molecule has 2 aromatic heterocycles. The Labute approximate surface area is 193 Å². The van der Waals surface area contributed by atoms with Gasteiger partial charge in [-0.1, -0.05) is 18.2 Å². The third-order valence-corrected chi connectivity index (χ3v) is 6.02. The second-order valence-corrected chi connectivity index (χ2v) is 9.33. The molecule has 0 unspecified atom stereocenters. The molecule has 0 radical (unpaired) electrons. The summed E-state index contributed by atoms with van der Waals surface area (Å²) in [6, 6.07) is 8.19. The Bertz CT molecular complexity index is 1050. The molecule has 0 saturated heterocycles. The normalized spacial score (nSPS) is 19.1. The van der Waals surface area contributed by atoms with Gasteiger partial charge in [0.2, 0.25) is 5.88 Å². The Balaban J connectivity index is 1.59. The highest BCUT2D eigenvalue weighted by Crippen LogP contribution is 2.41. The fourth-order valence-corrected chi connectivity index (χ4v) is 4.59. The molecule has 6 nitrogen and oxygen atoms in total. The van der Waals surface area contributed by atoms with Gasteiger partial charge in [-0.05, 0) is 51.8 Å². The summed E-state index contributed by atoms with van der Waals surface area (Å²) >= 11 is 0. The van der Waals surface area contributed by atoms with Crippen LogP contribution in [0, 0.1) is 0 Å². The average Bonchev–Trinajstić information content (AvgIpc) is 3.14. The van der Waals surface area contributed by atoms with Gasteiger partial charge in [-0.15, -0.1) is 0 Å². The molecule has 3 aromatic rings. The van der Waals surface area contributed by atoms with Gasteiger partial charge >= 0.3 is 0 Å². The van der Waals surface area contributed by atoms with E-state index in [0.717, 1.165) is 23.3 Å². The summed E-state index contributed by atoms with van der Waals surface area (Å²) in [6.07, 6.45) is 4.69. The Morgan fingerprint density at radius 3 is 2.76 bits per heavy atom. The fourth-order valence-electron chi connectivity index (χ4n) is 4.59. The highest BCUT2D eigenvalue weighted by atomic mass is 19.1. The molecule has 3 heterocycles. The number of ether oxygens (including phenoxy) is 1. The van der Waals surface area contributed by atoms with E-state index < -0.39 is 5.67 Å². The number of alkyl halides is 2. The zero-order valence-corrected chi connectivity index (χ0v) is 19.6. The highest BCUT2D eigenvalue weighted by Gasteiger charge is 2.39. The maximum absolute atomic E-state index is 14.8. The van der Waals surface area contributed by atoms with E-state index in [-0.39, 0.29) is 25.3 Å². The van der Waals surface area contributed by atoms with E-state index in [1.807, 2.05) is 12.1 Å². The van der Waals surface area contributed by atoms with Crippen LogP contribution in [0.4, 0.5) is 8.78 Å². The van der Waals surface area contributed by atoms with Crippen LogP contribution < -0.4 is 10.1 Å². The van der Waals surface area contributed by atoms with Crippen molar-refractivity contribution >= 4 is 10.9 Å². The number of hydrogen-bond donors (Lipinski definition) is 2. The van der Waals surface area contributed by atoms with Gasteiger partial charge < -0.3 is 15.0 Å². The molecule has 0 bridgehead atoms. The van der Waals surface area contributed by atoms with Gasteiger partial charge in [0.1, 0.15) is 12.3 Å². The van der Waals surface area contributed by atoms with Gasteiger partial charge in [-0.3, -0.25) is 14.3 Å². The maximum atomic E-state index is 14.8. The molecule has 2 atom stereocenters.